The molecule has 19 heavy (non-hydrogen) atoms. The normalized spacial score (nSPS) is 14.9. The molecule has 1 aromatic rings. The maximum atomic E-state index is 12.2. The molecule has 108 valence electrons. The Labute approximate surface area is 116 Å². The third kappa shape index (κ3) is 4.84. The van der Waals surface area contributed by atoms with Crippen molar-refractivity contribution < 1.29 is 8.42 Å². The minimum absolute atomic E-state index is 0.0519. The molecular formula is C14H24N2O2S. The van der Waals surface area contributed by atoms with E-state index in [1.807, 2.05) is 6.92 Å². The fourth-order valence-corrected chi connectivity index (χ4v) is 3.21. The van der Waals surface area contributed by atoms with Gasteiger partial charge in [0.15, 0.2) is 0 Å². The van der Waals surface area contributed by atoms with Crippen LogP contribution in [0.5, 0.6) is 0 Å². The van der Waals surface area contributed by atoms with Crippen LogP contribution < -0.4 is 10.0 Å². The van der Waals surface area contributed by atoms with Gasteiger partial charge in [0.2, 0.25) is 10.0 Å². The molecule has 4 nitrogen and oxygen atoms in total. The van der Waals surface area contributed by atoms with Gasteiger partial charge in [-0.3, -0.25) is 0 Å². The predicted octanol–water partition coefficient (Wildman–Crippen LogP) is 2.83. The Hall–Kier alpha value is -1.07. The van der Waals surface area contributed by atoms with E-state index in [1.165, 1.54) is 0 Å². The highest BCUT2D eigenvalue weighted by Crippen LogP contribution is 2.16. The molecule has 0 saturated carbocycles. The second-order valence-corrected chi connectivity index (χ2v) is 6.76. The molecule has 0 amide bonds. The largest absolute Gasteiger partial charge is 0.388 e. The summed E-state index contributed by atoms with van der Waals surface area (Å²) in [5.74, 6) is 0.518. The molecule has 0 bridgehead atoms. The average molecular weight is 284 g/mol. The number of hydrogen-bond donors (Lipinski definition) is 2. The van der Waals surface area contributed by atoms with Crippen molar-refractivity contribution in [3.8, 4) is 0 Å². The molecule has 0 fully saturated rings. The summed E-state index contributed by atoms with van der Waals surface area (Å²) < 4.78 is 27.1. The van der Waals surface area contributed by atoms with Crippen molar-refractivity contribution in [3.05, 3.63) is 24.3 Å². The summed E-state index contributed by atoms with van der Waals surface area (Å²) >= 11 is 0. The highest BCUT2D eigenvalue weighted by Gasteiger charge is 2.18. The minimum atomic E-state index is -3.42. The van der Waals surface area contributed by atoms with Gasteiger partial charge in [-0.25, -0.2) is 13.1 Å². The first-order valence-electron chi connectivity index (χ1n) is 6.69. The van der Waals surface area contributed by atoms with Crippen LogP contribution in [0.1, 0.15) is 33.6 Å². The number of hydrogen-bond acceptors (Lipinski definition) is 3. The van der Waals surface area contributed by atoms with Gasteiger partial charge in [0.25, 0.3) is 0 Å². The maximum absolute atomic E-state index is 12.2. The van der Waals surface area contributed by atoms with Crippen LogP contribution in [0.25, 0.3) is 0 Å². The molecule has 0 radical (unpaired) electrons. The van der Waals surface area contributed by atoms with E-state index in [-0.39, 0.29) is 6.04 Å². The van der Waals surface area contributed by atoms with E-state index in [4.69, 9.17) is 0 Å². The zero-order chi connectivity index (χ0) is 14.5. The summed E-state index contributed by atoms with van der Waals surface area (Å²) in [6.07, 6.45) is 1.91. The fourth-order valence-electron chi connectivity index (χ4n) is 1.95. The Morgan fingerprint density at radius 1 is 1.16 bits per heavy atom. The van der Waals surface area contributed by atoms with Gasteiger partial charge in [-0.1, -0.05) is 20.3 Å². The van der Waals surface area contributed by atoms with Gasteiger partial charge in [0.1, 0.15) is 0 Å². The maximum Gasteiger partial charge on any atom is 0.240 e. The van der Waals surface area contributed by atoms with Gasteiger partial charge in [0, 0.05) is 18.8 Å². The van der Waals surface area contributed by atoms with Crippen LogP contribution in [-0.2, 0) is 10.0 Å². The second-order valence-electron chi connectivity index (χ2n) is 5.05. The molecule has 0 heterocycles. The number of rotatable bonds is 7. The van der Waals surface area contributed by atoms with Crippen LogP contribution in [-0.4, -0.2) is 21.5 Å². The monoisotopic (exact) mass is 284 g/mol. The van der Waals surface area contributed by atoms with Crippen LogP contribution in [0.3, 0.4) is 0 Å². The van der Waals surface area contributed by atoms with E-state index < -0.39 is 10.0 Å². The molecule has 0 aliphatic carbocycles. The molecular weight excluding hydrogens is 260 g/mol. The van der Waals surface area contributed by atoms with Crippen molar-refractivity contribution in [3.63, 3.8) is 0 Å². The Morgan fingerprint density at radius 3 is 2.21 bits per heavy atom. The summed E-state index contributed by atoms with van der Waals surface area (Å²) in [5.41, 5.74) is 0.895. The molecule has 2 unspecified atom stereocenters. The molecule has 0 aliphatic heterocycles. The molecule has 0 saturated heterocycles. The van der Waals surface area contributed by atoms with Crippen LogP contribution in [0, 0.1) is 5.92 Å². The SMILES string of the molecule is CCC(C)CC(C)NS(=O)(=O)c1ccc(NC)cc1. The van der Waals surface area contributed by atoms with Gasteiger partial charge in [-0.05, 0) is 43.5 Å². The highest BCUT2D eigenvalue weighted by atomic mass is 32.2. The molecule has 0 spiro atoms. The van der Waals surface area contributed by atoms with E-state index in [0.717, 1.165) is 18.5 Å². The van der Waals surface area contributed by atoms with E-state index in [1.54, 1.807) is 31.3 Å². The van der Waals surface area contributed by atoms with Crippen molar-refractivity contribution in [2.75, 3.05) is 12.4 Å². The Morgan fingerprint density at radius 2 is 1.74 bits per heavy atom. The standard InChI is InChI=1S/C14H24N2O2S/c1-5-11(2)10-12(3)16-19(17,18)14-8-6-13(15-4)7-9-14/h6-9,11-12,15-16H,5,10H2,1-4H3. The van der Waals surface area contributed by atoms with Gasteiger partial charge >= 0.3 is 0 Å². The topological polar surface area (TPSA) is 58.2 Å². The minimum Gasteiger partial charge on any atom is -0.388 e. The second kappa shape index (κ2) is 6.91. The lowest BCUT2D eigenvalue weighted by atomic mass is 10.0. The van der Waals surface area contributed by atoms with E-state index in [0.29, 0.717) is 10.8 Å². The summed E-state index contributed by atoms with van der Waals surface area (Å²) in [6, 6.07) is 6.69. The van der Waals surface area contributed by atoms with Crippen LogP contribution in [0.15, 0.2) is 29.2 Å². The predicted molar refractivity (Wildman–Crippen MR) is 79.8 cm³/mol. The van der Waals surface area contributed by atoms with Gasteiger partial charge in [-0.15, -0.1) is 0 Å². The van der Waals surface area contributed by atoms with Crippen LogP contribution in [0.4, 0.5) is 5.69 Å². The molecule has 5 heteroatoms. The Bertz CT molecular complexity index is 483. The molecule has 1 aromatic carbocycles. The van der Waals surface area contributed by atoms with Crippen LogP contribution in [0.2, 0.25) is 0 Å². The van der Waals surface area contributed by atoms with Crippen molar-refractivity contribution in [1.82, 2.24) is 4.72 Å². The summed E-state index contributed by atoms with van der Waals surface area (Å²) in [7, 11) is -1.61. The highest BCUT2D eigenvalue weighted by molar-refractivity contribution is 7.89. The number of nitrogens with one attached hydrogen (secondary N) is 2. The average Bonchev–Trinajstić information content (AvgIpc) is 2.37. The quantitative estimate of drug-likeness (QED) is 0.809. The third-order valence-electron chi connectivity index (χ3n) is 3.26. The smallest absolute Gasteiger partial charge is 0.240 e. The first kappa shape index (κ1) is 16.0. The molecule has 0 aromatic heterocycles. The summed E-state index contributed by atoms with van der Waals surface area (Å²) in [5, 5.41) is 2.96. The van der Waals surface area contributed by atoms with Crippen molar-refractivity contribution >= 4 is 15.7 Å². The first-order valence-corrected chi connectivity index (χ1v) is 8.17. The van der Waals surface area contributed by atoms with Crippen LogP contribution >= 0.6 is 0 Å². The zero-order valence-electron chi connectivity index (χ0n) is 12.1. The molecule has 2 atom stereocenters. The van der Waals surface area contributed by atoms with Gasteiger partial charge < -0.3 is 5.32 Å². The zero-order valence-corrected chi connectivity index (χ0v) is 12.9. The van der Waals surface area contributed by atoms with Gasteiger partial charge in [0.05, 0.1) is 4.90 Å². The lowest BCUT2D eigenvalue weighted by Gasteiger charge is -2.17. The fraction of sp³-hybridized carbons (Fsp3) is 0.571. The van der Waals surface area contributed by atoms with Crippen molar-refractivity contribution in [2.45, 2.75) is 44.6 Å². The van der Waals surface area contributed by atoms with E-state index in [9.17, 15) is 8.42 Å². The summed E-state index contributed by atoms with van der Waals surface area (Å²) in [4.78, 5) is 0.308. The number of benzene rings is 1. The molecule has 2 N–H and O–H groups in total. The Balaban J connectivity index is 2.74. The lowest BCUT2D eigenvalue weighted by Crippen LogP contribution is -2.33. The molecule has 1 rings (SSSR count). The number of anilines is 1. The van der Waals surface area contributed by atoms with Gasteiger partial charge in [-0.2, -0.15) is 0 Å². The molecule has 0 aliphatic rings. The van der Waals surface area contributed by atoms with Crippen molar-refractivity contribution in [2.24, 2.45) is 5.92 Å². The summed E-state index contributed by atoms with van der Waals surface area (Å²) in [6.45, 7) is 6.15. The van der Waals surface area contributed by atoms with E-state index in [2.05, 4.69) is 23.9 Å². The van der Waals surface area contributed by atoms with Crippen molar-refractivity contribution in [1.29, 1.82) is 0 Å². The van der Waals surface area contributed by atoms with E-state index >= 15 is 0 Å². The third-order valence-corrected chi connectivity index (χ3v) is 4.87. The first-order chi connectivity index (χ1) is 8.89. The number of sulfonamides is 1. The lowest BCUT2D eigenvalue weighted by molar-refractivity contribution is 0.445. The Kier molecular flexibility index (Phi) is 5.82.